The highest BCUT2D eigenvalue weighted by Crippen LogP contribution is 2.13. The minimum atomic E-state index is -0.666. The number of hydrogen-bond acceptors (Lipinski definition) is 3. The number of benzene rings is 1. The first-order valence-electron chi connectivity index (χ1n) is 5.26. The van der Waals surface area contributed by atoms with Gasteiger partial charge in [0.15, 0.2) is 0 Å². The molecule has 0 aliphatic rings. The van der Waals surface area contributed by atoms with Crippen molar-refractivity contribution in [2.24, 2.45) is 5.73 Å². The van der Waals surface area contributed by atoms with E-state index in [1.165, 1.54) is 4.90 Å². The van der Waals surface area contributed by atoms with E-state index in [1.54, 1.807) is 14.0 Å². The first-order valence-corrected chi connectivity index (χ1v) is 5.26. The van der Waals surface area contributed by atoms with Gasteiger partial charge < -0.3 is 15.7 Å². The van der Waals surface area contributed by atoms with Crippen molar-refractivity contribution in [2.75, 3.05) is 13.7 Å². The molecule has 1 aromatic rings. The molecule has 0 heterocycles. The van der Waals surface area contributed by atoms with Gasteiger partial charge in [0, 0.05) is 7.05 Å². The Hall–Kier alpha value is -1.39. The number of nitrogens with zero attached hydrogens (tertiary/aromatic N) is 1. The van der Waals surface area contributed by atoms with Crippen LogP contribution in [0, 0.1) is 0 Å². The molecular weight excluding hydrogens is 204 g/mol. The van der Waals surface area contributed by atoms with Crippen LogP contribution < -0.4 is 5.73 Å². The Bertz CT molecular complexity index is 340. The molecule has 0 aromatic heterocycles. The zero-order valence-electron chi connectivity index (χ0n) is 9.63. The molecule has 0 saturated carbocycles. The third kappa shape index (κ3) is 2.81. The highest BCUT2D eigenvalue weighted by Gasteiger charge is 2.22. The van der Waals surface area contributed by atoms with E-state index < -0.39 is 6.04 Å². The Morgan fingerprint density at radius 3 is 2.50 bits per heavy atom. The van der Waals surface area contributed by atoms with Crippen molar-refractivity contribution in [1.82, 2.24) is 4.90 Å². The Labute approximate surface area is 95.7 Å². The summed E-state index contributed by atoms with van der Waals surface area (Å²) in [4.78, 5) is 13.4. The molecule has 1 aromatic carbocycles. The first kappa shape index (κ1) is 12.7. The fourth-order valence-electron chi connectivity index (χ4n) is 1.36. The van der Waals surface area contributed by atoms with Gasteiger partial charge in [0.1, 0.15) is 6.04 Å². The van der Waals surface area contributed by atoms with E-state index in [-0.39, 0.29) is 18.6 Å². The largest absolute Gasteiger partial charge is 0.394 e. The van der Waals surface area contributed by atoms with Crippen LogP contribution in [0.2, 0.25) is 0 Å². The van der Waals surface area contributed by atoms with Gasteiger partial charge in [-0.1, -0.05) is 30.3 Å². The lowest BCUT2D eigenvalue weighted by molar-refractivity contribution is -0.133. The lowest BCUT2D eigenvalue weighted by Gasteiger charge is -2.26. The minimum absolute atomic E-state index is 0.0657. The molecule has 0 bridgehead atoms. The van der Waals surface area contributed by atoms with E-state index in [9.17, 15) is 4.79 Å². The van der Waals surface area contributed by atoms with Crippen molar-refractivity contribution < 1.29 is 9.90 Å². The van der Waals surface area contributed by atoms with Crippen LogP contribution in [0.1, 0.15) is 18.5 Å². The maximum atomic E-state index is 11.9. The molecule has 1 rings (SSSR count). The van der Waals surface area contributed by atoms with Gasteiger partial charge in [-0.2, -0.15) is 0 Å². The quantitative estimate of drug-likeness (QED) is 0.780. The second-order valence-corrected chi connectivity index (χ2v) is 3.87. The molecule has 0 saturated heterocycles. The van der Waals surface area contributed by atoms with Crippen LogP contribution in [0.3, 0.4) is 0 Å². The van der Waals surface area contributed by atoms with Crippen LogP contribution in [0.25, 0.3) is 0 Å². The number of aliphatic hydroxyl groups excluding tert-OH is 1. The molecule has 16 heavy (non-hydrogen) atoms. The highest BCUT2D eigenvalue weighted by molar-refractivity contribution is 5.83. The summed E-state index contributed by atoms with van der Waals surface area (Å²) in [5.74, 6) is -0.187. The van der Waals surface area contributed by atoms with Gasteiger partial charge in [-0.25, -0.2) is 0 Å². The van der Waals surface area contributed by atoms with Crippen molar-refractivity contribution in [2.45, 2.75) is 19.0 Å². The Morgan fingerprint density at radius 1 is 1.44 bits per heavy atom. The van der Waals surface area contributed by atoms with Crippen molar-refractivity contribution in [3.63, 3.8) is 0 Å². The maximum Gasteiger partial charge on any atom is 0.244 e. The van der Waals surface area contributed by atoms with Crippen molar-refractivity contribution in [3.05, 3.63) is 35.9 Å². The van der Waals surface area contributed by atoms with Crippen molar-refractivity contribution in [3.8, 4) is 0 Å². The zero-order valence-corrected chi connectivity index (χ0v) is 9.63. The van der Waals surface area contributed by atoms with E-state index >= 15 is 0 Å². The summed E-state index contributed by atoms with van der Waals surface area (Å²) < 4.78 is 0. The number of carbonyl (C=O) groups is 1. The van der Waals surface area contributed by atoms with Gasteiger partial charge in [-0.15, -0.1) is 0 Å². The second-order valence-electron chi connectivity index (χ2n) is 3.87. The van der Waals surface area contributed by atoms with Gasteiger partial charge in [0.2, 0.25) is 5.91 Å². The van der Waals surface area contributed by atoms with Crippen LogP contribution in [-0.2, 0) is 4.79 Å². The zero-order chi connectivity index (χ0) is 12.1. The fourth-order valence-corrected chi connectivity index (χ4v) is 1.36. The highest BCUT2D eigenvalue weighted by atomic mass is 16.3. The summed E-state index contributed by atoms with van der Waals surface area (Å²) in [6, 6.07) is 8.32. The van der Waals surface area contributed by atoms with Crippen LogP contribution in [0.5, 0.6) is 0 Å². The molecule has 0 aliphatic carbocycles. The topological polar surface area (TPSA) is 66.6 Å². The molecule has 0 fully saturated rings. The summed E-state index contributed by atoms with van der Waals surface area (Å²) in [6.45, 7) is 1.71. The van der Waals surface area contributed by atoms with Crippen molar-refractivity contribution >= 4 is 5.91 Å². The average Bonchev–Trinajstić information content (AvgIpc) is 2.36. The molecule has 2 atom stereocenters. The number of aliphatic hydroxyl groups is 1. The molecule has 3 N–H and O–H groups in total. The molecule has 88 valence electrons. The standard InChI is InChI=1S/C12H18N2O2/c1-9(8-15)14(2)12(16)11(13)10-6-4-3-5-7-10/h3-7,9,11,15H,8,13H2,1-2H3. The summed E-state index contributed by atoms with van der Waals surface area (Å²) >= 11 is 0. The molecule has 2 unspecified atom stereocenters. The van der Waals surface area contributed by atoms with Crippen LogP contribution in [0.15, 0.2) is 30.3 Å². The molecule has 1 amide bonds. The van der Waals surface area contributed by atoms with Gasteiger partial charge in [-0.05, 0) is 12.5 Å². The molecule has 4 heteroatoms. The van der Waals surface area contributed by atoms with E-state index in [0.717, 1.165) is 5.56 Å². The smallest absolute Gasteiger partial charge is 0.244 e. The van der Waals surface area contributed by atoms with Gasteiger partial charge in [0.05, 0.1) is 12.6 Å². The first-order chi connectivity index (χ1) is 7.57. The maximum absolute atomic E-state index is 11.9. The molecule has 0 radical (unpaired) electrons. The summed E-state index contributed by atoms with van der Waals surface area (Å²) in [6.07, 6.45) is 0. The molecule has 0 aliphatic heterocycles. The molecular formula is C12H18N2O2. The number of carbonyl (C=O) groups excluding carboxylic acids is 1. The van der Waals surface area contributed by atoms with Crippen LogP contribution in [-0.4, -0.2) is 35.6 Å². The Balaban J connectivity index is 2.75. The van der Waals surface area contributed by atoms with E-state index in [1.807, 2.05) is 30.3 Å². The van der Waals surface area contributed by atoms with E-state index in [0.29, 0.717) is 0 Å². The third-order valence-corrected chi connectivity index (χ3v) is 2.70. The van der Waals surface area contributed by atoms with Gasteiger partial charge in [-0.3, -0.25) is 4.79 Å². The molecule has 4 nitrogen and oxygen atoms in total. The summed E-state index contributed by atoms with van der Waals surface area (Å²) in [5.41, 5.74) is 6.64. The summed E-state index contributed by atoms with van der Waals surface area (Å²) in [5, 5.41) is 8.97. The van der Waals surface area contributed by atoms with E-state index in [4.69, 9.17) is 10.8 Å². The number of hydrogen-bond donors (Lipinski definition) is 2. The lowest BCUT2D eigenvalue weighted by atomic mass is 10.1. The third-order valence-electron chi connectivity index (χ3n) is 2.70. The van der Waals surface area contributed by atoms with E-state index in [2.05, 4.69) is 0 Å². The van der Waals surface area contributed by atoms with Crippen molar-refractivity contribution in [1.29, 1.82) is 0 Å². The number of likely N-dealkylation sites (N-methyl/N-ethyl adjacent to an activating group) is 1. The number of rotatable bonds is 4. The minimum Gasteiger partial charge on any atom is -0.394 e. The van der Waals surface area contributed by atoms with Gasteiger partial charge >= 0.3 is 0 Å². The van der Waals surface area contributed by atoms with Gasteiger partial charge in [0.25, 0.3) is 0 Å². The average molecular weight is 222 g/mol. The summed E-state index contributed by atoms with van der Waals surface area (Å²) in [7, 11) is 1.64. The normalized spacial score (nSPS) is 14.2. The van der Waals surface area contributed by atoms with Crippen LogP contribution >= 0.6 is 0 Å². The Kier molecular flexibility index (Phi) is 4.46. The number of nitrogens with two attached hydrogens (primary N) is 1. The number of amides is 1. The molecule has 0 spiro atoms. The second kappa shape index (κ2) is 5.63. The lowest BCUT2D eigenvalue weighted by Crippen LogP contribution is -2.42. The predicted molar refractivity (Wildman–Crippen MR) is 62.7 cm³/mol. The SMILES string of the molecule is CC(CO)N(C)C(=O)C(N)c1ccccc1. The fraction of sp³-hybridized carbons (Fsp3) is 0.417. The van der Waals surface area contributed by atoms with Crippen LogP contribution in [0.4, 0.5) is 0 Å². The monoisotopic (exact) mass is 222 g/mol. The predicted octanol–water partition coefficient (Wildman–Crippen LogP) is 0.526. The Morgan fingerprint density at radius 2 is 2.00 bits per heavy atom.